The lowest BCUT2D eigenvalue weighted by Crippen LogP contribution is -2.28. The molecule has 2 aromatic rings. The van der Waals surface area contributed by atoms with Crippen LogP contribution in [-0.4, -0.2) is 21.8 Å². The van der Waals surface area contributed by atoms with Gasteiger partial charge in [-0.25, -0.2) is 0 Å². The van der Waals surface area contributed by atoms with Crippen molar-refractivity contribution in [2.75, 3.05) is 0 Å². The number of nitrogens with zero attached hydrogens (tertiary/aromatic N) is 1. The van der Waals surface area contributed by atoms with Gasteiger partial charge in [0.15, 0.2) is 5.78 Å². The average molecular weight is 269 g/mol. The summed E-state index contributed by atoms with van der Waals surface area (Å²) in [5.41, 5.74) is 0.576. The van der Waals surface area contributed by atoms with Crippen LogP contribution >= 0.6 is 0 Å². The molecular formula is C16H15NO3. The van der Waals surface area contributed by atoms with Crippen molar-refractivity contribution < 1.29 is 14.7 Å². The van der Waals surface area contributed by atoms with Gasteiger partial charge in [-0.1, -0.05) is 18.2 Å². The minimum absolute atomic E-state index is 0.143. The van der Waals surface area contributed by atoms with E-state index in [1.807, 2.05) is 0 Å². The molecule has 0 amide bonds. The first-order valence-electron chi connectivity index (χ1n) is 6.21. The van der Waals surface area contributed by atoms with Crippen LogP contribution in [0.2, 0.25) is 0 Å². The van der Waals surface area contributed by atoms with E-state index in [9.17, 15) is 14.7 Å². The number of hydrogen-bond donors (Lipinski definition) is 1. The molecular weight excluding hydrogens is 254 g/mol. The lowest BCUT2D eigenvalue weighted by molar-refractivity contribution is -0.142. The zero-order valence-electron chi connectivity index (χ0n) is 11.3. The molecule has 0 saturated carbocycles. The summed E-state index contributed by atoms with van der Waals surface area (Å²) in [7, 11) is 0. The number of aliphatic carboxylic acids is 1. The van der Waals surface area contributed by atoms with Crippen molar-refractivity contribution in [3.8, 4) is 0 Å². The summed E-state index contributed by atoms with van der Waals surface area (Å²) in [5.74, 6) is -1.07. The van der Waals surface area contributed by atoms with Crippen LogP contribution in [0.5, 0.6) is 0 Å². The van der Waals surface area contributed by atoms with Crippen LogP contribution in [0.1, 0.15) is 35.3 Å². The van der Waals surface area contributed by atoms with Crippen molar-refractivity contribution in [2.45, 2.75) is 19.3 Å². The second-order valence-corrected chi connectivity index (χ2v) is 5.08. The summed E-state index contributed by atoms with van der Waals surface area (Å²) >= 11 is 0. The molecule has 0 saturated heterocycles. The molecule has 1 aromatic heterocycles. The molecule has 4 heteroatoms. The van der Waals surface area contributed by atoms with Gasteiger partial charge in [-0.2, -0.15) is 0 Å². The van der Waals surface area contributed by atoms with Gasteiger partial charge in [0.05, 0.1) is 5.41 Å². The van der Waals surface area contributed by atoms with Gasteiger partial charge in [0.1, 0.15) is 0 Å². The average Bonchev–Trinajstić information content (AvgIpc) is 2.47. The highest BCUT2D eigenvalue weighted by molar-refractivity contribution is 6.09. The number of pyridine rings is 1. The van der Waals surface area contributed by atoms with E-state index < -0.39 is 11.4 Å². The number of ketones is 1. The molecule has 0 aliphatic heterocycles. The number of benzene rings is 1. The van der Waals surface area contributed by atoms with Crippen LogP contribution in [-0.2, 0) is 10.2 Å². The van der Waals surface area contributed by atoms with Crippen LogP contribution in [0.3, 0.4) is 0 Å². The highest BCUT2D eigenvalue weighted by atomic mass is 16.4. The molecule has 0 aliphatic carbocycles. The largest absolute Gasteiger partial charge is 0.481 e. The van der Waals surface area contributed by atoms with Crippen molar-refractivity contribution in [3.63, 3.8) is 0 Å². The molecule has 0 unspecified atom stereocenters. The molecule has 1 aromatic carbocycles. The first-order valence-corrected chi connectivity index (χ1v) is 6.21. The first-order chi connectivity index (χ1) is 9.43. The van der Waals surface area contributed by atoms with Crippen LogP contribution in [0, 0.1) is 0 Å². The highest BCUT2D eigenvalue weighted by Gasteiger charge is 2.29. The van der Waals surface area contributed by atoms with Gasteiger partial charge in [0, 0.05) is 23.5 Å². The van der Waals surface area contributed by atoms with Crippen LogP contribution in [0.15, 0.2) is 48.8 Å². The zero-order chi connectivity index (χ0) is 14.8. The van der Waals surface area contributed by atoms with Gasteiger partial charge >= 0.3 is 5.97 Å². The number of aromatic nitrogens is 1. The third-order valence-corrected chi connectivity index (χ3v) is 3.32. The third kappa shape index (κ3) is 2.59. The smallest absolute Gasteiger partial charge is 0.313 e. The number of rotatable bonds is 4. The molecule has 0 spiro atoms. The van der Waals surface area contributed by atoms with E-state index in [-0.39, 0.29) is 5.78 Å². The van der Waals surface area contributed by atoms with Gasteiger partial charge in [-0.15, -0.1) is 0 Å². The van der Waals surface area contributed by atoms with E-state index in [2.05, 4.69) is 4.98 Å². The fourth-order valence-electron chi connectivity index (χ4n) is 1.84. The van der Waals surface area contributed by atoms with E-state index in [0.29, 0.717) is 16.7 Å². The standard InChI is InChI=1S/C16H15NO3/c1-16(2,15(19)20)13-5-3-4-12(10-13)14(18)11-6-8-17-9-7-11/h3-10H,1-2H3,(H,19,20). The lowest BCUT2D eigenvalue weighted by atomic mass is 9.83. The van der Waals surface area contributed by atoms with Gasteiger partial charge < -0.3 is 5.11 Å². The number of carboxylic acid groups (broad SMARTS) is 1. The Hall–Kier alpha value is -2.49. The number of carboxylic acids is 1. The van der Waals surface area contributed by atoms with Crippen molar-refractivity contribution in [2.24, 2.45) is 0 Å². The maximum Gasteiger partial charge on any atom is 0.313 e. The maximum atomic E-state index is 12.3. The predicted octanol–water partition coefficient (Wildman–Crippen LogP) is 2.67. The zero-order valence-corrected chi connectivity index (χ0v) is 11.3. The Morgan fingerprint density at radius 1 is 1.05 bits per heavy atom. The second kappa shape index (κ2) is 5.25. The van der Waals surface area contributed by atoms with Crippen LogP contribution in [0.4, 0.5) is 0 Å². The van der Waals surface area contributed by atoms with Gasteiger partial charge in [0.2, 0.25) is 0 Å². The summed E-state index contributed by atoms with van der Waals surface area (Å²) < 4.78 is 0. The lowest BCUT2D eigenvalue weighted by Gasteiger charge is -2.20. The van der Waals surface area contributed by atoms with Gasteiger partial charge in [0.25, 0.3) is 0 Å². The molecule has 4 nitrogen and oxygen atoms in total. The van der Waals surface area contributed by atoms with E-state index in [1.165, 1.54) is 0 Å². The monoisotopic (exact) mass is 269 g/mol. The molecule has 1 heterocycles. The van der Waals surface area contributed by atoms with Gasteiger partial charge in [-0.05, 0) is 37.6 Å². The molecule has 2 rings (SSSR count). The van der Waals surface area contributed by atoms with Crippen LogP contribution < -0.4 is 0 Å². The second-order valence-electron chi connectivity index (χ2n) is 5.08. The number of carbonyl (C=O) groups excluding carboxylic acids is 1. The van der Waals surface area contributed by atoms with Gasteiger partial charge in [-0.3, -0.25) is 14.6 Å². The summed E-state index contributed by atoms with van der Waals surface area (Å²) in [6.07, 6.45) is 3.11. The quantitative estimate of drug-likeness (QED) is 0.866. The third-order valence-electron chi connectivity index (χ3n) is 3.32. The Morgan fingerprint density at radius 2 is 1.70 bits per heavy atom. The number of carbonyl (C=O) groups is 2. The predicted molar refractivity (Wildman–Crippen MR) is 74.8 cm³/mol. The molecule has 20 heavy (non-hydrogen) atoms. The van der Waals surface area contributed by atoms with E-state index >= 15 is 0 Å². The fourth-order valence-corrected chi connectivity index (χ4v) is 1.84. The molecule has 0 radical (unpaired) electrons. The summed E-state index contributed by atoms with van der Waals surface area (Å²) in [5, 5.41) is 9.25. The van der Waals surface area contributed by atoms with Crippen molar-refractivity contribution >= 4 is 11.8 Å². The van der Waals surface area contributed by atoms with Crippen LogP contribution in [0.25, 0.3) is 0 Å². The summed E-state index contributed by atoms with van der Waals surface area (Å²) in [6, 6.07) is 10.0. The molecule has 0 bridgehead atoms. The van der Waals surface area contributed by atoms with E-state index in [4.69, 9.17) is 0 Å². The van der Waals surface area contributed by atoms with E-state index in [1.54, 1.807) is 62.6 Å². The number of hydrogen-bond acceptors (Lipinski definition) is 3. The Balaban J connectivity index is 2.41. The van der Waals surface area contributed by atoms with Crippen molar-refractivity contribution in [1.29, 1.82) is 0 Å². The van der Waals surface area contributed by atoms with Crippen molar-refractivity contribution in [1.82, 2.24) is 4.98 Å². The Kier molecular flexibility index (Phi) is 3.66. The summed E-state index contributed by atoms with van der Waals surface area (Å²) in [6.45, 7) is 3.23. The molecule has 1 N–H and O–H groups in total. The molecule has 0 atom stereocenters. The molecule has 102 valence electrons. The minimum Gasteiger partial charge on any atom is -0.481 e. The van der Waals surface area contributed by atoms with Crippen molar-refractivity contribution in [3.05, 3.63) is 65.5 Å². The topological polar surface area (TPSA) is 67.3 Å². The fraction of sp³-hybridized carbons (Fsp3) is 0.188. The summed E-state index contributed by atoms with van der Waals surface area (Å²) in [4.78, 5) is 27.5. The normalized spacial score (nSPS) is 11.1. The highest BCUT2D eigenvalue weighted by Crippen LogP contribution is 2.25. The molecule has 0 aliphatic rings. The SMILES string of the molecule is CC(C)(C(=O)O)c1cccc(C(=O)c2ccncc2)c1. The maximum absolute atomic E-state index is 12.3. The Morgan fingerprint density at radius 3 is 2.30 bits per heavy atom. The van der Waals surface area contributed by atoms with E-state index in [0.717, 1.165) is 0 Å². The first kappa shape index (κ1) is 13.9. The Labute approximate surface area is 117 Å². The molecule has 0 fully saturated rings. The minimum atomic E-state index is -1.03. The Bertz CT molecular complexity index is 648.